The molecule has 2 aliphatic rings. The van der Waals surface area contributed by atoms with Gasteiger partial charge in [0, 0.05) is 61.8 Å². The van der Waals surface area contributed by atoms with E-state index in [4.69, 9.17) is 0 Å². The van der Waals surface area contributed by atoms with E-state index >= 15 is 0 Å². The quantitative estimate of drug-likeness (QED) is 0.837. The van der Waals surface area contributed by atoms with Gasteiger partial charge in [-0.1, -0.05) is 0 Å². The Morgan fingerprint density at radius 1 is 0.852 bits per heavy atom. The van der Waals surface area contributed by atoms with Crippen molar-refractivity contribution in [2.45, 2.75) is 26.7 Å². The fourth-order valence-corrected chi connectivity index (χ4v) is 3.94. The lowest BCUT2D eigenvalue weighted by atomic mass is 10.1. The Bertz CT molecular complexity index is 806. The molecule has 4 rings (SSSR count). The van der Waals surface area contributed by atoms with Crippen LogP contribution in [-0.4, -0.2) is 60.0 Å². The summed E-state index contributed by atoms with van der Waals surface area (Å²) in [6, 6.07) is 8.12. The third-order valence-corrected chi connectivity index (χ3v) is 5.76. The summed E-state index contributed by atoms with van der Waals surface area (Å²) < 4.78 is 0. The first-order chi connectivity index (χ1) is 13.1. The van der Waals surface area contributed by atoms with Crippen LogP contribution in [0.15, 0.2) is 30.6 Å². The number of hydrogen-bond acceptors (Lipinski definition) is 5. The van der Waals surface area contributed by atoms with E-state index in [0.29, 0.717) is 0 Å². The van der Waals surface area contributed by atoms with Crippen molar-refractivity contribution in [1.29, 1.82) is 0 Å². The fraction of sp³-hybridized carbons (Fsp3) is 0.476. The molecule has 0 radical (unpaired) electrons. The highest BCUT2D eigenvalue weighted by Gasteiger charge is 2.24. The van der Waals surface area contributed by atoms with E-state index < -0.39 is 0 Å². The summed E-state index contributed by atoms with van der Waals surface area (Å²) >= 11 is 0. The molecule has 142 valence electrons. The Morgan fingerprint density at radius 3 is 2.19 bits per heavy atom. The maximum absolute atomic E-state index is 12.9. The highest BCUT2D eigenvalue weighted by Crippen LogP contribution is 2.22. The zero-order valence-corrected chi connectivity index (χ0v) is 16.2. The number of amides is 1. The average molecular weight is 365 g/mol. The van der Waals surface area contributed by atoms with Crippen molar-refractivity contribution in [2.24, 2.45) is 0 Å². The molecule has 2 fully saturated rings. The molecule has 3 heterocycles. The second-order valence-corrected chi connectivity index (χ2v) is 7.43. The van der Waals surface area contributed by atoms with Crippen molar-refractivity contribution in [2.75, 3.05) is 49.1 Å². The van der Waals surface area contributed by atoms with Gasteiger partial charge in [-0.15, -0.1) is 0 Å². The molecule has 27 heavy (non-hydrogen) atoms. The third-order valence-electron chi connectivity index (χ3n) is 5.76. The van der Waals surface area contributed by atoms with Gasteiger partial charge in [-0.3, -0.25) is 4.79 Å². The molecule has 0 aliphatic carbocycles. The Hall–Kier alpha value is -2.63. The number of piperazine rings is 1. The lowest BCUT2D eigenvalue weighted by Gasteiger charge is -2.36. The molecule has 0 atom stereocenters. The number of aryl methyl sites for hydroxylation is 1. The molecule has 0 unspecified atom stereocenters. The summed E-state index contributed by atoms with van der Waals surface area (Å²) in [5, 5.41) is 0. The molecule has 6 heteroatoms. The molecule has 0 bridgehead atoms. The van der Waals surface area contributed by atoms with Gasteiger partial charge in [-0.05, 0) is 51.0 Å². The molecule has 2 aliphatic heterocycles. The minimum absolute atomic E-state index is 0.123. The first-order valence-corrected chi connectivity index (χ1v) is 9.81. The van der Waals surface area contributed by atoms with Crippen LogP contribution in [0.3, 0.4) is 0 Å². The minimum Gasteiger partial charge on any atom is -0.372 e. The van der Waals surface area contributed by atoms with E-state index in [1.165, 1.54) is 18.5 Å². The largest absolute Gasteiger partial charge is 0.372 e. The predicted molar refractivity (Wildman–Crippen MR) is 108 cm³/mol. The van der Waals surface area contributed by atoms with Gasteiger partial charge in [-0.25, -0.2) is 9.97 Å². The lowest BCUT2D eigenvalue weighted by molar-refractivity contribution is 0.0746. The van der Waals surface area contributed by atoms with E-state index in [0.717, 1.165) is 61.9 Å². The summed E-state index contributed by atoms with van der Waals surface area (Å²) in [4.78, 5) is 28.1. The van der Waals surface area contributed by atoms with Gasteiger partial charge in [0.15, 0.2) is 0 Å². The Labute approximate surface area is 160 Å². The molecule has 1 amide bonds. The van der Waals surface area contributed by atoms with Gasteiger partial charge in [0.25, 0.3) is 5.91 Å². The summed E-state index contributed by atoms with van der Waals surface area (Å²) in [5.74, 6) is 1.11. The normalized spacial score (nSPS) is 17.5. The van der Waals surface area contributed by atoms with Crippen molar-refractivity contribution in [3.63, 3.8) is 0 Å². The van der Waals surface area contributed by atoms with E-state index in [9.17, 15) is 4.79 Å². The van der Waals surface area contributed by atoms with Crippen LogP contribution in [0.4, 0.5) is 11.5 Å². The van der Waals surface area contributed by atoms with Gasteiger partial charge in [0.2, 0.25) is 0 Å². The van der Waals surface area contributed by atoms with Crippen molar-refractivity contribution in [1.82, 2.24) is 14.9 Å². The zero-order chi connectivity index (χ0) is 18.8. The summed E-state index contributed by atoms with van der Waals surface area (Å²) in [7, 11) is 0. The number of anilines is 2. The van der Waals surface area contributed by atoms with Crippen LogP contribution in [0.2, 0.25) is 0 Å². The Kier molecular flexibility index (Phi) is 4.97. The number of nitrogens with zero attached hydrogens (tertiary/aromatic N) is 5. The first-order valence-electron chi connectivity index (χ1n) is 9.81. The van der Waals surface area contributed by atoms with Crippen LogP contribution in [0.25, 0.3) is 0 Å². The summed E-state index contributed by atoms with van der Waals surface area (Å²) in [6.07, 6.45) is 4.14. The van der Waals surface area contributed by atoms with Gasteiger partial charge in [-0.2, -0.15) is 0 Å². The topological polar surface area (TPSA) is 52.6 Å². The Morgan fingerprint density at radius 2 is 1.52 bits per heavy atom. The number of aromatic nitrogens is 2. The maximum Gasteiger partial charge on any atom is 0.253 e. The van der Waals surface area contributed by atoms with Crippen molar-refractivity contribution >= 4 is 17.4 Å². The second kappa shape index (κ2) is 7.55. The van der Waals surface area contributed by atoms with Crippen molar-refractivity contribution < 1.29 is 4.79 Å². The smallest absolute Gasteiger partial charge is 0.253 e. The van der Waals surface area contributed by atoms with E-state index in [1.807, 2.05) is 24.0 Å². The average Bonchev–Trinajstić information content (AvgIpc) is 3.25. The van der Waals surface area contributed by atoms with Crippen LogP contribution in [-0.2, 0) is 0 Å². The molecule has 1 aromatic carbocycles. The molecule has 0 saturated carbocycles. The van der Waals surface area contributed by atoms with Gasteiger partial charge >= 0.3 is 0 Å². The van der Waals surface area contributed by atoms with Crippen LogP contribution < -0.4 is 9.80 Å². The second-order valence-electron chi connectivity index (χ2n) is 7.43. The molecular formula is C21H27N5O. The number of benzene rings is 1. The molecule has 1 aromatic heterocycles. The SMILES string of the molecule is Cc1ncnc(N2CCN(C(=O)c3ccc(N4CCCC4)cc3)CC2)c1C. The van der Waals surface area contributed by atoms with Crippen molar-refractivity contribution in [3.05, 3.63) is 47.4 Å². The van der Waals surface area contributed by atoms with Gasteiger partial charge in [0.1, 0.15) is 12.1 Å². The number of carbonyl (C=O) groups excluding carboxylic acids is 1. The van der Waals surface area contributed by atoms with Crippen LogP contribution in [0.5, 0.6) is 0 Å². The Balaban J connectivity index is 1.39. The van der Waals surface area contributed by atoms with E-state index in [1.54, 1.807) is 6.33 Å². The summed E-state index contributed by atoms with van der Waals surface area (Å²) in [6.45, 7) is 9.35. The highest BCUT2D eigenvalue weighted by molar-refractivity contribution is 5.94. The maximum atomic E-state index is 12.9. The van der Waals surface area contributed by atoms with E-state index in [-0.39, 0.29) is 5.91 Å². The van der Waals surface area contributed by atoms with Crippen LogP contribution in [0.1, 0.15) is 34.5 Å². The monoisotopic (exact) mass is 365 g/mol. The first kappa shape index (κ1) is 17.8. The fourth-order valence-electron chi connectivity index (χ4n) is 3.94. The van der Waals surface area contributed by atoms with Gasteiger partial charge < -0.3 is 14.7 Å². The highest BCUT2D eigenvalue weighted by atomic mass is 16.2. The minimum atomic E-state index is 0.123. The van der Waals surface area contributed by atoms with Crippen molar-refractivity contribution in [3.8, 4) is 0 Å². The number of carbonyl (C=O) groups is 1. The third kappa shape index (κ3) is 3.61. The molecule has 2 aromatic rings. The number of rotatable bonds is 3. The molecule has 0 spiro atoms. The molecular weight excluding hydrogens is 338 g/mol. The summed E-state index contributed by atoms with van der Waals surface area (Å²) in [5.41, 5.74) is 4.13. The van der Waals surface area contributed by atoms with Crippen LogP contribution >= 0.6 is 0 Å². The standard InChI is InChI=1S/C21H27N5O/c1-16-17(2)22-15-23-20(16)25-11-13-26(14-12-25)21(27)18-5-7-19(8-6-18)24-9-3-4-10-24/h5-8,15H,3-4,9-14H2,1-2H3. The molecule has 0 N–H and O–H groups in total. The van der Waals surface area contributed by atoms with Gasteiger partial charge in [0.05, 0.1) is 0 Å². The molecule has 2 saturated heterocycles. The predicted octanol–water partition coefficient (Wildman–Crippen LogP) is 2.66. The lowest BCUT2D eigenvalue weighted by Crippen LogP contribution is -2.49. The molecule has 6 nitrogen and oxygen atoms in total. The number of hydrogen-bond donors (Lipinski definition) is 0. The van der Waals surface area contributed by atoms with Crippen LogP contribution in [0, 0.1) is 13.8 Å². The zero-order valence-electron chi connectivity index (χ0n) is 16.2. The van der Waals surface area contributed by atoms with E-state index in [2.05, 4.69) is 38.8 Å².